The van der Waals surface area contributed by atoms with E-state index < -0.39 is 0 Å². The number of rotatable bonds is 8. The number of halogens is 1. The minimum atomic E-state index is -0.240. The van der Waals surface area contributed by atoms with Crippen molar-refractivity contribution in [2.24, 2.45) is 0 Å². The second-order valence-corrected chi connectivity index (χ2v) is 5.63. The Hall–Kier alpha value is -2.60. The Bertz CT molecular complexity index is 720. The predicted octanol–water partition coefficient (Wildman–Crippen LogP) is 2.57. The highest BCUT2D eigenvalue weighted by molar-refractivity contribution is 6.30. The van der Waals surface area contributed by atoms with E-state index in [0.29, 0.717) is 29.6 Å². The fraction of sp³-hybridized carbons (Fsp3) is 0.278. The number of benzene rings is 1. The average molecular weight is 362 g/mol. The number of ether oxygens (including phenoxy) is 1. The van der Waals surface area contributed by atoms with Crippen LogP contribution in [-0.2, 0) is 11.3 Å². The largest absolute Gasteiger partial charge is 0.478 e. The molecule has 2 rings (SSSR count). The van der Waals surface area contributed by atoms with Crippen LogP contribution in [0.15, 0.2) is 42.6 Å². The lowest BCUT2D eigenvalue weighted by Gasteiger charge is -2.10. The fourth-order valence-corrected chi connectivity index (χ4v) is 2.23. The van der Waals surface area contributed by atoms with Crippen molar-refractivity contribution in [2.45, 2.75) is 19.9 Å². The Labute approximate surface area is 151 Å². The van der Waals surface area contributed by atoms with Crippen LogP contribution in [0.3, 0.4) is 0 Å². The molecule has 0 aliphatic carbocycles. The lowest BCUT2D eigenvalue weighted by molar-refractivity contribution is -0.121. The van der Waals surface area contributed by atoms with Gasteiger partial charge in [-0.15, -0.1) is 0 Å². The smallest absolute Gasteiger partial charge is 0.251 e. The molecule has 6 nitrogen and oxygen atoms in total. The van der Waals surface area contributed by atoms with E-state index >= 15 is 0 Å². The van der Waals surface area contributed by atoms with E-state index in [2.05, 4.69) is 15.6 Å². The second kappa shape index (κ2) is 9.64. The highest BCUT2D eigenvalue weighted by Crippen LogP contribution is 2.13. The number of nitrogens with zero attached hydrogens (tertiary/aromatic N) is 1. The zero-order chi connectivity index (χ0) is 18.1. The number of pyridine rings is 1. The summed E-state index contributed by atoms with van der Waals surface area (Å²) in [6.07, 6.45) is 1.83. The minimum absolute atomic E-state index is 0.164. The van der Waals surface area contributed by atoms with Crippen molar-refractivity contribution in [3.63, 3.8) is 0 Å². The van der Waals surface area contributed by atoms with E-state index in [9.17, 15) is 9.59 Å². The SMILES string of the molecule is CCOc1ncccc1CNC(=O)CCNC(=O)c1ccc(Cl)cc1. The van der Waals surface area contributed by atoms with E-state index in [-0.39, 0.29) is 24.8 Å². The maximum absolute atomic E-state index is 11.9. The number of carbonyl (C=O) groups excluding carboxylic acids is 2. The maximum Gasteiger partial charge on any atom is 0.251 e. The zero-order valence-corrected chi connectivity index (χ0v) is 14.7. The van der Waals surface area contributed by atoms with Crippen LogP contribution in [0, 0.1) is 0 Å². The number of carbonyl (C=O) groups is 2. The molecule has 7 heteroatoms. The molecule has 0 saturated carbocycles. The predicted molar refractivity (Wildman–Crippen MR) is 95.7 cm³/mol. The summed E-state index contributed by atoms with van der Waals surface area (Å²) in [5.74, 6) is 0.111. The van der Waals surface area contributed by atoms with Gasteiger partial charge in [-0.2, -0.15) is 0 Å². The summed E-state index contributed by atoms with van der Waals surface area (Å²) < 4.78 is 5.41. The summed E-state index contributed by atoms with van der Waals surface area (Å²) in [6.45, 7) is 2.96. The number of hydrogen-bond acceptors (Lipinski definition) is 4. The first-order valence-corrected chi connectivity index (χ1v) is 8.35. The summed E-state index contributed by atoms with van der Waals surface area (Å²) in [7, 11) is 0. The molecule has 0 radical (unpaired) electrons. The van der Waals surface area contributed by atoms with Crippen molar-refractivity contribution in [1.29, 1.82) is 0 Å². The lowest BCUT2D eigenvalue weighted by Crippen LogP contribution is -2.30. The quantitative estimate of drug-likeness (QED) is 0.757. The molecule has 132 valence electrons. The fourth-order valence-electron chi connectivity index (χ4n) is 2.10. The van der Waals surface area contributed by atoms with Gasteiger partial charge >= 0.3 is 0 Å². The van der Waals surface area contributed by atoms with Gasteiger partial charge in [0.05, 0.1) is 6.61 Å². The Morgan fingerprint density at radius 2 is 1.92 bits per heavy atom. The highest BCUT2D eigenvalue weighted by Gasteiger charge is 2.08. The first kappa shape index (κ1) is 18.7. The van der Waals surface area contributed by atoms with Crippen LogP contribution in [-0.4, -0.2) is 29.9 Å². The standard InChI is InChI=1S/C18H20ClN3O3/c1-2-25-18-14(4-3-10-21-18)12-22-16(23)9-11-20-17(24)13-5-7-15(19)8-6-13/h3-8,10H,2,9,11-12H2,1H3,(H,20,24)(H,22,23). The third kappa shape index (κ3) is 6.08. The van der Waals surface area contributed by atoms with E-state index in [1.807, 2.05) is 13.0 Å². The highest BCUT2D eigenvalue weighted by atomic mass is 35.5. The summed E-state index contributed by atoms with van der Waals surface area (Å²) in [5, 5.41) is 6.06. The third-order valence-electron chi connectivity index (χ3n) is 3.35. The van der Waals surface area contributed by atoms with E-state index in [4.69, 9.17) is 16.3 Å². The van der Waals surface area contributed by atoms with Crippen LogP contribution >= 0.6 is 11.6 Å². The Morgan fingerprint density at radius 1 is 1.16 bits per heavy atom. The van der Waals surface area contributed by atoms with Gasteiger partial charge in [0.2, 0.25) is 11.8 Å². The Balaban J connectivity index is 1.74. The lowest BCUT2D eigenvalue weighted by atomic mass is 10.2. The van der Waals surface area contributed by atoms with Crippen LogP contribution in [0.25, 0.3) is 0 Å². The van der Waals surface area contributed by atoms with Gasteiger partial charge in [-0.05, 0) is 37.3 Å². The summed E-state index contributed by atoms with van der Waals surface area (Å²) >= 11 is 5.78. The molecule has 0 aliphatic heterocycles. The van der Waals surface area contributed by atoms with Crippen LogP contribution < -0.4 is 15.4 Å². The molecule has 1 aromatic carbocycles. The van der Waals surface area contributed by atoms with E-state index in [1.165, 1.54) is 0 Å². The molecule has 0 atom stereocenters. The van der Waals surface area contributed by atoms with Gasteiger partial charge in [-0.25, -0.2) is 4.98 Å². The Kier molecular flexibility index (Phi) is 7.22. The molecule has 2 amide bonds. The normalized spacial score (nSPS) is 10.2. The molecule has 0 spiro atoms. The number of amides is 2. The van der Waals surface area contributed by atoms with Crippen LogP contribution in [0.1, 0.15) is 29.3 Å². The molecule has 0 unspecified atom stereocenters. The average Bonchev–Trinajstić information content (AvgIpc) is 2.62. The molecule has 1 heterocycles. The van der Waals surface area contributed by atoms with Gasteiger partial charge in [0.25, 0.3) is 5.91 Å². The monoisotopic (exact) mass is 361 g/mol. The van der Waals surface area contributed by atoms with Gasteiger partial charge in [-0.1, -0.05) is 17.7 Å². The number of hydrogen-bond donors (Lipinski definition) is 2. The van der Waals surface area contributed by atoms with E-state index in [0.717, 1.165) is 5.56 Å². The van der Waals surface area contributed by atoms with Gasteiger partial charge in [0.1, 0.15) is 0 Å². The minimum Gasteiger partial charge on any atom is -0.478 e. The molecule has 0 bridgehead atoms. The molecule has 0 aliphatic rings. The molecule has 0 saturated heterocycles. The molecular weight excluding hydrogens is 342 g/mol. The van der Waals surface area contributed by atoms with Crippen molar-refractivity contribution in [3.8, 4) is 5.88 Å². The van der Waals surface area contributed by atoms with Crippen molar-refractivity contribution in [1.82, 2.24) is 15.6 Å². The van der Waals surface area contributed by atoms with Gasteiger partial charge < -0.3 is 15.4 Å². The third-order valence-corrected chi connectivity index (χ3v) is 3.60. The molecular formula is C18H20ClN3O3. The van der Waals surface area contributed by atoms with Gasteiger partial charge in [-0.3, -0.25) is 9.59 Å². The second-order valence-electron chi connectivity index (χ2n) is 5.19. The summed E-state index contributed by atoms with van der Waals surface area (Å²) in [5.41, 5.74) is 1.31. The summed E-state index contributed by atoms with van der Waals surface area (Å²) in [6, 6.07) is 10.2. The van der Waals surface area contributed by atoms with Crippen LogP contribution in [0.4, 0.5) is 0 Å². The molecule has 2 aromatic rings. The zero-order valence-electron chi connectivity index (χ0n) is 13.9. The van der Waals surface area contributed by atoms with E-state index in [1.54, 1.807) is 36.5 Å². The first-order valence-electron chi connectivity index (χ1n) is 7.97. The first-order chi connectivity index (χ1) is 12.1. The molecule has 25 heavy (non-hydrogen) atoms. The maximum atomic E-state index is 11.9. The van der Waals surface area contributed by atoms with Crippen molar-refractivity contribution >= 4 is 23.4 Å². The van der Waals surface area contributed by atoms with Gasteiger partial charge in [0.15, 0.2) is 0 Å². The Morgan fingerprint density at radius 3 is 2.64 bits per heavy atom. The molecule has 0 fully saturated rings. The number of aromatic nitrogens is 1. The molecule has 1 aromatic heterocycles. The van der Waals surface area contributed by atoms with Crippen LogP contribution in [0.5, 0.6) is 5.88 Å². The van der Waals surface area contributed by atoms with Crippen LogP contribution in [0.2, 0.25) is 5.02 Å². The topological polar surface area (TPSA) is 80.3 Å². The van der Waals surface area contributed by atoms with Crippen molar-refractivity contribution in [2.75, 3.05) is 13.2 Å². The van der Waals surface area contributed by atoms with Gasteiger partial charge in [0, 0.05) is 41.9 Å². The van der Waals surface area contributed by atoms with Crippen molar-refractivity contribution in [3.05, 3.63) is 58.7 Å². The summed E-state index contributed by atoms with van der Waals surface area (Å²) in [4.78, 5) is 28.0. The van der Waals surface area contributed by atoms with Crippen molar-refractivity contribution < 1.29 is 14.3 Å². The number of nitrogens with one attached hydrogen (secondary N) is 2. The molecule has 2 N–H and O–H groups in total.